The Labute approximate surface area is 175 Å². The predicted molar refractivity (Wildman–Crippen MR) is 117 cm³/mol. The minimum Gasteiger partial charge on any atom is -0.484 e. The number of hydrogen-bond acceptors (Lipinski definition) is 4. The molecule has 0 radical (unpaired) electrons. The van der Waals surface area contributed by atoms with E-state index in [1.165, 1.54) is 18.4 Å². The fourth-order valence-electron chi connectivity index (χ4n) is 3.60. The second kappa shape index (κ2) is 8.61. The van der Waals surface area contributed by atoms with Gasteiger partial charge in [-0.05, 0) is 61.7 Å². The average Bonchev–Trinajstić information content (AvgIpc) is 3.11. The molecule has 0 saturated heterocycles. The van der Waals surface area contributed by atoms with Crippen LogP contribution in [0.15, 0.2) is 46.9 Å². The highest BCUT2D eigenvalue weighted by atomic mass is 16.5. The van der Waals surface area contributed by atoms with Crippen LogP contribution >= 0.6 is 0 Å². The smallest absolute Gasteiger partial charge is 0.262 e. The zero-order chi connectivity index (χ0) is 21.1. The summed E-state index contributed by atoms with van der Waals surface area (Å²) in [5.74, 6) is 1.35. The first-order valence-corrected chi connectivity index (χ1v) is 10.4. The molecule has 6 nitrogen and oxygen atoms in total. The van der Waals surface area contributed by atoms with Gasteiger partial charge in [0.15, 0.2) is 6.61 Å². The van der Waals surface area contributed by atoms with Crippen molar-refractivity contribution in [1.82, 2.24) is 0 Å². The highest BCUT2D eigenvalue weighted by molar-refractivity contribution is 5.94. The summed E-state index contributed by atoms with van der Waals surface area (Å²) in [6.07, 6.45) is 4.36. The molecule has 1 aromatic heterocycles. The van der Waals surface area contributed by atoms with Crippen LogP contribution in [0.3, 0.4) is 0 Å². The van der Waals surface area contributed by atoms with Gasteiger partial charge in [-0.15, -0.1) is 0 Å². The SMILES string of the molecule is CC(C)C(=O)Nc1ccc(NC(=O)COc2ccc3oc4c(c3c2)CCCC4)cc1. The van der Waals surface area contributed by atoms with E-state index in [1.807, 2.05) is 32.0 Å². The van der Waals surface area contributed by atoms with Gasteiger partial charge in [-0.3, -0.25) is 9.59 Å². The largest absolute Gasteiger partial charge is 0.484 e. The normalized spacial score (nSPS) is 13.2. The standard InChI is InChI=1S/C24H26N2O4/c1-15(2)24(28)26-17-9-7-16(8-10-17)25-23(27)14-29-18-11-12-22-20(13-18)19-5-3-4-6-21(19)30-22/h7-13,15H,3-6,14H2,1-2H3,(H,25,27)(H,26,28). The maximum absolute atomic E-state index is 12.3. The lowest BCUT2D eigenvalue weighted by Crippen LogP contribution is -2.20. The zero-order valence-electron chi connectivity index (χ0n) is 17.3. The van der Waals surface area contributed by atoms with Crippen LogP contribution < -0.4 is 15.4 Å². The molecule has 0 unspecified atom stereocenters. The lowest BCUT2D eigenvalue weighted by molar-refractivity contribution is -0.119. The van der Waals surface area contributed by atoms with E-state index in [1.54, 1.807) is 24.3 Å². The Morgan fingerprint density at radius 1 is 1.00 bits per heavy atom. The van der Waals surface area contributed by atoms with Crippen LogP contribution in [-0.2, 0) is 22.4 Å². The molecule has 0 spiro atoms. The molecular weight excluding hydrogens is 380 g/mol. The first kappa shape index (κ1) is 20.0. The van der Waals surface area contributed by atoms with Gasteiger partial charge >= 0.3 is 0 Å². The maximum Gasteiger partial charge on any atom is 0.262 e. The summed E-state index contributed by atoms with van der Waals surface area (Å²) >= 11 is 0. The van der Waals surface area contributed by atoms with Gasteiger partial charge in [0.2, 0.25) is 5.91 Å². The van der Waals surface area contributed by atoms with Crippen molar-refractivity contribution < 1.29 is 18.7 Å². The molecule has 2 amide bonds. The molecule has 0 bridgehead atoms. The fraction of sp³-hybridized carbons (Fsp3) is 0.333. The van der Waals surface area contributed by atoms with Crippen molar-refractivity contribution in [3.63, 3.8) is 0 Å². The maximum atomic E-state index is 12.3. The topological polar surface area (TPSA) is 80.6 Å². The minimum atomic E-state index is -0.247. The first-order valence-electron chi connectivity index (χ1n) is 10.4. The van der Waals surface area contributed by atoms with Crippen LogP contribution in [-0.4, -0.2) is 18.4 Å². The van der Waals surface area contributed by atoms with Gasteiger partial charge in [0.05, 0.1) is 0 Å². The second-order valence-electron chi connectivity index (χ2n) is 7.93. The summed E-state index contributed by atoms with van der Waals surface area (Å²) in [6.45, 7) is 3.59. The Hall–Kier alpha value is -3.28. The second-order valence-corrected chi connectivity index (χ2v) is 7.93. The molecule has 4 rings (SSSR count). The van der Waals surface area contributed by atoms with E-state index >= 15 is 0 Å². The highest BCUT2D eigenvalue weighted by Gasteiger charge is 2.18. The molecule has 1 aliphatic rings. The number of carbonyl (C=O) groups excluding carboxylic acids is 2. The van der Waals surface area contributed by atoms with Gasteiger partial charge in [-0.2, -0.15) is 0 Å². The van der Waals surface area contributed by atoms with Gasteiger partial charge in [0.1, 0.15) is 17.1 Å². The number of amides is 2. The summed E-state index contributed by atoms with van der Waals surface area (Å²) in [5, 5.41) is 6.71. The molecule has 0 aliphatic heterocycles. The molecule has 2 aromatic carbocycles. The predicted octanol–water partition coefficient (Wildman–Crippen LogP) is 4.92. The summed E-state index contributed by atoms with van der Waals surface area (Å²) in [4.78, 5) is 24.0. The van der Waals surface area contributed by atoms with Crippen LogP contribution in [0.1, 0.15) is 38.0 Å². The zero-order valence-corrected chi connectivity index (χ0v) is 17.3. The first-order chi connectivity index (χ1) is 14.5. The van der Waals surface area contributed by atoms with Crippen molar-refractivity contribution in [1.29, 1.82) is 0 Å². The number of hydrogen-bond donors (Lipinski definition) is 2. The molecule has 156 valence electrons. The van der Waals surface area contributed by atoms with Crippen molar-refractivity contribution in [2.45, 2.75) is 39.5 Å². The fourth-order valence-corrected chi connectivity index (χ4v) is 3.60. The summed E-state index contributed by atoms with van der Waals surface area (Å²) in [7, 11) is 0. The third-order valence-corrected chi connectivity index (χ3v) is 5.26. The van der Waals surface area contributed by atoms with Crippen molar-refractivity contribution >= 4 is 34.2 Å². The van der Waals surface area contributed by atoms with E-state index < -0.39 is 0 Å². The molecule has 3 aromatic rings. The van der Waals surface area contributed by atoms with Crippen molar-refractivity contribution in [3.05, 3.63) is 53.8 Å². The lowest BCUT2D eigenvalue weighted by atomic mass is 9.96. The van der Waals surface area contributed by atoms with E-state index in [0.717, 1.165) is 29.6 Å². The summed E-state index contributed by atoms with van der Waals surface area (Å²) < 4.78 is 11.6. The number of ether oxygens (including phenoxy) is 1. The van der Waals surface area contributed by atoms with Crippen molar-refractivity contribution in [2.24, 2.45) is 5.92 Å². The Bertz CT molecular complexity index is 1070. The van der Waals surface area contributed by atoms with Gasteiger partial charge in [-0.25, -0.2) is 0 Å². The number of nitrogens with one attached hydrogen (secondary N) is 2. The van der Waals surface area contributed by atoms with Gasteiger partial charge in [0.25, 0.3) is 5.91 Å². The van der Waals surface area contributed by atoms with E-state index in [4.69, 9.17) is 9.15 Å². The number of furan rings is 1. The third-order valence-electron chi connectivity index (χ3n) is 5.26. The van der Waals surface area contributed by atoms with Gasteiger partial charge < -0.3 is 19.8 Å². The summed E-state index contributed by atoms with van der Waals surface area (Å²) in [5.41, 5.74) is 3.49. The van der Waals surface area contributed by atoms with Crippen LogP contribution in [0.5, 0.6) is 5.75 Å². The number of anilines is 2. The molecule has 30 heavy (non-hydrogen) atoms. The number of aryl methyl sites for hydroxylation is 2. The van der Waals surface area contributed by atoms with Crippen molar-refractivity contribution in [3.8, 4) is 5.75 Å². The molecule has 0 saturated carbocycles. The Kier molecular flexibility index (Phi) is 5.74. The van der Waals surface area contributed by atoms with Gasteiger partial charge in [-0.1, -0.05) is 13.8 Å². The molecule has 6 heteroatoms. The Balaban J connectivity index is 1.34. The van der Waals surface area contributed by atoms with Crippen LogP contribution in [0, 0.1) is 5.92 Å². The number of carbonyl (C=O) groups is 2. The number of fused-ring (bicyclic) bond motifs is 3. The molecule has 0 atom stereocenters. The Morgan fingerprint density at radius 3 is 2.43 bits per heavy atom. The van der Waals surface area contributed by atoms with E-state index in [0.29, 0.717) is 17.1 Å². The monoisotopic (exact) mass is 406 g/mol. The molecule has 0 fully saturated rings. The quantitative estimate of drug-likeness (QED) is 0.609. The molecule has 2 N–H and O–H groups in total. The van der Waals surface area contributed by atoms with E-state index in [-0.39, 0.29) is 24.3 Å². The third kappa shape index (κ3) is 4.48. The van der Waals surface area contributed by atoms with Crippen LogP contribution in [0.4, 0.5) is 11.4 Å². The lowest BCUT2D eigenvalue weighted by Gasteiger charge is -2.10. The summed E-state index contributed by atoms with van der Waals surface area (Å²) in [6, 6.07) is 12.7. The van der Waals surface area contributed by atoms with Crippen molar-refractivity contribution in [2.75, 3.05) is 17.2 Å². The minimum absolute atomic E-state index is 0.0453. The Morgan fingerprint density at radius 2 is 1.70 bits per heavy atom. The van der Waals surface area contributed by atoms with E-state index in [2.05, 4.69) is 10.6 Å². The number of rotatable bonds is 6. The van der Waals surface area contributed by atoms with Crippen LogP contribution in [0.2, 0.25) is 0 Å². The highest BCUT2D eigenvalue weighted by Crippen LogP contribution is 2.33. The average molecular weight is 406 g/mol. The van der Waals surface area contributed by atoms with Gasteiger partial charge in [0, 0.05) is 34.7 Å². The molecule has 1 heterocycles. The van der Waals surface area contributed by atoms with Crippen LogP contribution in [0.25, 0.3) is 11.0 Å². The molecular formula is C24H26N2O4. The van der Waals surface area contributed by atoms with E-state index in [9.17, 15) is 9.59 Å². The number of benzene rings is 2. The molecule has 1 aliphatic carbocycles.